The minimum atomic E-state index is -0.316. The highest BCUT2D eigenvalue weighted by Crippen LogP contribution is 2.28. The highest BCUT2D eigenvalue weighted by atomic mass is 32.1. The zero-order valence-electron chi connectivity index (χ0n) is 16.3. The molecule has 8 heteroatoms. The number of thiazole rings is 1. The van der Waals surface area contributed by atoms with E-state index in [0.717, 1.165) is 33.7 Å². The van der Waals surface area contributed by atoms with Crippen LogP contribution >= 0.6 is 22.7 Å². The van der Waals surface area contributed by atoms with E-state index in [2.05, 4.69) is 15.6 Å². The summed E-state index contributed by atoms with van der Waals surface area (Å²) in [6.45, 7) is 7.71. The van der Waals surface area contributed by atoms with Crippen LogP contribution in [0.25, 0.3) is 0 Å². The van der Waals surface area contributed by atoms with E-state index < -0.39 is 0 Å². The van der Waals surface area contributed by atoms with Gasteiger partial charge in [-0.25, -0.2) is 4.98 Å². The molecule has 1 aromatic carbocycles. The van der Waals surface area contributed by atoms with Crippen LogP contribution < -0.4 is 15.4 Å². The number of thiophene rings is 1. The molecule has 0 atom stereocenters. The van der Waals surface area contributed by atoms with E-state index in [1.807, 2.05) is 32.9 Å². The van der Waals surface area contributed by atoms with Gasteiger partial charge in [-0.1, -0.05) is 29.0 Å². The Balaban J connectivity index is 1.79. The summed E-state index contributed by atoms with van der Waals surface area (Å²) in [5.74, 6) is -0.0400. The number of rotatable bonds is 5. The van der Waals surface area contributed by atoms with Crippen LogP contribution in [-0.2, 0) is 0 Å². The maximum Gasteiger partial charge on any atom is 0.267 e. The Morgan fingerprint density at radius 1 is 1.00 bits per heavy atom. The number of aromatic nitrogens is 1. The van der Waals surface area contributed by atoms with Gasteiger partial charge < -0.3 is 10.1 Å². The zero-order valence-corrected chi connectivity index (χ0v) is 17.9. The van der Waals surface area contributed by atoms with Crippen LogP contribution in [0.1, 0.15) is 42.4 Å². The van der Waals surface area contributed by atoms with Crippen LogP contribution in [0.15, 0.2) is 22.9 Å². The van der Waals surface area contributed by atoms with Gasteiger partial charge in [0.1, 0.15) is 10.6 Å². The van der Waals surface area contributed by atoms with Crippen molar-refractivity contribution in [2.24, 2.45) is 0 Å². The van der Waals surface area contributed by atoms with Crippen molar-refractivity contribution in [1.82, 2.24) is 4.98 Å². The minimum absolute atomic E-state index is 0.237. The Morgan fingerprint density at radius 3 is 2.32 bits per heavy atom. The Labute approximate surface area is 171 Å². The lowest BCUT2D eigenvalue weighted by molar-refractivity contribution is 0.101. The van der Waals surface area contributed by atoms with Crippen LogP contribution in [0, 0.1) is 27.7 Å². The lowest BCUT2D eigenvalue weighted by Crippen LogP contribution is -2.13. The van der Waals surface area contributed by atoms with Gasteiger partial charge in [0, 0.05) is 16.4 Å². The summed E-state index contributed by atoms with van der Waals surface area (Å²) in [6.07, 6.45) is 0. The molecule has 6 nitrogen and oxygen atoms in total. The molecule has 2 aromatic heterocycles. The van der Waals surface area contributed by atoms with E-state index in [1.165, 1.54) is 18.4 Å². The van der Waals surface area contributed by atoms with E-state index in [1.54, 1.807) is 17.7 Å². The lowest BCUT2D eigenvalue weighted by atomic mass is 10.1. The third-order valence-electron chi connectivity index (χ3n) is 4.23. The van der Waals surface area contributed by atoms with Crippen LogP contribution in [0.5, 0.6) is 5.75 Å². The van der Waals surface area contributed by atoms with Crippen molar-refractivity contribution >= 4 is 45.3 Å². The first-order chi connectivity index (χ1) is 13.3. The maximum atomic E-state index is 12.8. The molecule has 0 bridgehead atoms. The second-order valence-electron chi connectivity index (χ2n) is 6.47. The van der Waals surface area contributed by atoms with E-state index in [4.69, 9.17) is 4.74 Å². The monoisotopic (exact) mass is 415 g/mol. The predicted octanol–water partition coefficient (Wildman–Crippen LogP) is 4.95. The molecule has 2 N–H and O–H groups in total. The summed E-state index contributed by atoms with van der Waals surface area (Å²) in [7, 11) is 1.52. The number of hydrogen-bond donors (Lipinski definition) is 2. The first kappa shape index (κ1) is 20.0. The minimum Gasteiger partial charge on any atom is -0.495 e. The van der Waals surface area contributed by atoms with Gasteiger partial charge >= 0.3 is 0 Å². The van der Waals surface area contributed by atoms with Crippen LogP contribution in [0.4, 0.5) is 10.8 Å². The highest BCUT2D eigenvalue weighted by Gasteiger charge is 2.20. The summed E-state index contributed by atoms with van der Waals surface area (Å²) < 4.78 is 5.18. The fraction of sp³-hybridized carbons (Fsp3) is 0.250. The summed E-state index contributed by atoms with van der Waals surface area (Å²) in [4.78, 5) is 30.0. The number of nitrogens with zero attached hydrogens (tertiary/aromatic N) is 1. The van der Waals surface area contributed by atoms with Crippen molar-refractivity contribution < 1.29 is 14.3 Å². The molecule has 2 amide bonds. The van der Waals surface area contributed by atoms with E-state index in [-0.39, 0.29) is 11.8 Å². The van der Waals surface area contributed by atoms with E-state index >= 15 is 0 Å². The van der Waals surface area contributed by atoms with Crippen molar-refractivity contribution in [2.75, 3.05) is 17.7 Å². The van der Waals surface area contributed by atoms with E-state index in [9.17, 15) is 9.59 Å². The normalized spacial score (nSPS) is 10.6. The molecule has 0 aliphatic rings. The summed E-state index contributed by atoms with van der Waals surface area (Å²) >= 11 is 2.53. The molecular weight excluding hydrogens is 394 g/mol. The van der Waals surface area contributed by atoms with Crippen molar-refractivity contribution in [1.29, 1.82) is 0 Å². The second kappa shape index (κ2) is 8.12. The number of methoxy groups -OCH3 is 1. The fourth-order valence-electron chi connectivity index (χ4n) is 2.98. The molecule has 0 spiro atoms. The van der Waals surface area contributed by atoms with Gasteiger partial charge in [0.25, 0.3) is 11.8 Å². The molecule has 0 aliphatic carbocycles. The Kier molecular flexibility index (Phi) is 5.81. The van der Waals surface area contributed by atoms with Gasteiger partial charge in [0.15, 0.2) is 5.13 Å². The molecule has 0 aliphatic heterocycles. The largest absolute Gasteiger partial charge is 0.495 e. The molecule has 3 aromatic rings. The summed E-state index contributed by atoms with van der Waals surface area (Å²) in [5, 5.41) is 9.56. The van der Waals surface area contributed by atoms with Gasteiger partial charge in [0.2, 0.25) is 0 Å². The number of amides is 2. The summed E-state index contributed by atoms with van der Waals surface area (Å²) in [5.41, 5.74) is 4.97. The standard InChI is InChI=1S/C20H21N3O3S2/c1-10-6-11(2)16(12(3)7-10)22-19(25)17-13(4)21-20(28-17)23-18(24)14-8-27-9-15(14)26-5/h6-9H,1-5H3,(H,22,25)(H,21,23,24). The Bertz CT molecular complexity index is 1030. The molecule has 0 radical (unpaired) electrons. The molecule has 146 valence electrons. The average Bonchev–Trinajstić information content (AvgIpc) is 3.24. The Hall–Kier alpha value is -2.71. The van der Waals surface area contributed by atoms with Gasteiger partial charge in [-0.3, -0.25) is 14.9 Å². The number of hydrogen-bond acceptors (Lipinski definition) is 6. The van der Waals surface area contributed by atoms with E-state index in [0.29, 0.717) is 27.0 Å². The first-order valence-corrected chi connectivity index (χ1v) is 10.3. The molecule has 0 saturated heterocycles. The van der Waals surface area contributed by atoms with Gasteiger partial charge in [-0.05, 0) is 38.8 Å². The number of aryl methyl sites for hydroxylation is 4. The fourth-order valence-corrected chi connectivity index (χ4v) is 4.61. The first-order valence-electron chi connectivity index (χ1n) is 8.58. The molecule has 0 unspecified atom stereocenters. The topological polar surface area (TPSA) is 80.3 Å². The van der Waals surface area contributed by atoms with Crippen molar-refractivity contribution in [3.63, 3.8) is 0 Å². The quantitative estimate of drug-likeness (QED) is 0.618. The molecule has 3 rings (SSSR count). The molecule has 0 fully saturated rings. The van der Waals surface area contributed by atoms with Gasteiger partial charge in [0.05, 0.1) is 18.4 Å². The second-order valence-corrected chi connectivity index (χ2v) is 8.21. The number of carbonyl (C=O) groups excluding carboxylic acids is 2. The lowest BCUT2D eigenvalue weighted by Gasteiger charge is -2.12. The van der Waals surface area contributed by atoms with Crippen LogP contribution in [0.3, 0.4) is 0 Å². The van der Waals surface area contributed by atoms with Crippen LogP contribution in [0.2, 0.25) is 0 Å². The van der Waals surface area contributed by atoms with Crippen molar-refractivity contribution in [3.8, 4) is 5.75 Å². The smallest absolute Gasteiger partial charge is 0.267 e. The predicted molar refractivity (Wildman–Crippen MR) is 114 cm³/mol. The number of ether oxygens (including phenoxy) is 1. The zero-order chi connectivity index (χ0) is 20.4. The number of anilines is 2. The highest BCUT2D eigenvalue weighted by molar-refractivity contribution is 7.18. The SMILES string of the molecule is COc1cscc1C(=O)Nc1nc(C)c(C(=O)Nc2c(C)cc(C)cc2C)s1. The molecular formula is C20H21N3O3S2. The molecule has 0 saturated carbocycles. The third-order valence-corrected chi connectivity index (χ3v) is 6.02. The molecule has 28 heavy (non-hydrogen) atoms. The third kappa shape index (κ3) is 4.07. The maximum absolute atomic E-state index is 12.8. The van der Waals surface area contributed by atoms with Crippen molar-refractivity contribution in [3.05, 3.63) is 55.7 Å². The summed E-state index contributed by atoms with van der Waals surface area (Å²) in [6, 6.07) is 4.06. The van der Waals surface area contributed by atoms with Gasteiger partial charge in [-0.15, -0.1) is 11.3 Å². The average molecular weight is 416 g/mol. The number of benzene rings is 1. The van der Waals surface area contributed by atoms with Gasteiger partial charge in [-0.2, -0.15) is 0 Å². The molecule has 2 heterocycles. The Morgan fingerprint density at radius 2 is 1.68 bits per heavy atom. The number of nitrogens with one attached hydrogen (secondary N) is 2. The number of carbonyl (C=O) groups is 2. The van der Waals surface area contributed by atoms with Crippen LogP contribution in [-0.4, -0.2) is 23.9 Å². The van der Waals surface area contributed by atoms with Crippen molar-refractivity contribution in [2.45, 2.75) is 27.7 Å².